The average Bonchev–Trinajstić information content (AvgIpc) is 1.82. The third kappa shape index (κ3) is 3.97. The normalized spacial score (nSPS) is 13.1. The first-order valence-electron chi connectivity index (χ1n) is 2.99. The van der Waals surface area contributed by atoms with Crippen LogP contribution in [0.5, 0.6) is 0 Å². The van der Waals surface area contributed by atoms with Crippen LogP contribution in [-0.2, 0) is 4.79 Å². The van der Waals surface area contributed by atoms with Crippen molar-refractivity contribution in [1.29, 1.82) is 0 Å². The Hall–Kier alpha value is -0.570. The lowest BCUT2D eigenvalue weighted by atomic mass is 10.1. The molecule has 53 valence electrons. The Kier molecular flexibility index (Phi) is 4.05. The lowest BCUT2D eigenvalue weighted by Gasteiger charge is -2.03. The van der Waals surface area contributed by atoms with Gasteiger partial charge in [-0.3, -0.25) is 4.79 Å². The van der Waals surface area contributed by atoms with E-state index in [-0.39, 0.29) is 11.8 Å². The van der Waals surface area contributed by atoms with E-state index in [9.17, 15) is 4.79 Å². The second-order valence-corrected chi connectivity index (χ2v) is 2.06. The smallest absolute Gasteiger partial charge is 0.220 e. The Bertz CT molecular complexity index is 93.1. The Labute approximate surface area is 55.4 Å². The molecule has 0 unspecified atom stereocenters. The van der Waals surface area contributed by atoms with Gasteiger partial charge in [0.05, 0.1) is 0 Å². The molecular weight excluding hydrogens is 116 g/mol. The molecule has 4 N–H and O–H groups in total. The number of hydrogen-bond donors (Lipinski definition) is 2. The number of hydrogen-bond acceptors (Lipinski definition) is 2. The molecule has 0 heterocycles. The van der Waals surface area contributed by atoms with Gasteiger partial charge in [-0.25, -0.2) is 0 Å². The molecule has 0 saturated carbocycles. The third-order valence-electron chi connectivity index (χ3n) is 1.17. The second kappa shape index (κ2) is 4.32. The van der Waals surface area contributed by atoms with Gasteiger partial charge < -0.3 is 11.5 Å². The summed E-state index contributed by atoms with van der Waals surface area (Å²) in [6, 6.07) is 0. The Balaban J connectivity index is 3.27. The SMILES string of the molecule is C[C@H](C[CH]CN)C(N)=O. The molecule has 0 rings (SSSR count). The highest BCUT2D eigenvalue weighted by atomic mass is 16.1. The van der Waals surface area contributed by atoms with E-state index in [1.165, 1.54) is 0 Å². The molecule has 0 aliphatic carbocycles. The summed E-state index contributed by atoms with van der Waals surface area (Å²) in [6.45, 7) is 2.30. The van der Waals surface area contributed by atoms with E-state index in [4.69, 9.17) is 11.5 Å². The van der Waals surface area contributed by atoms with E-state index in [0.717, 1.165) is 0 Å². The molecule has 3 nitrogen and oxygen atoms in total. The minimum absolute atomic E-state index is 0.0754. The van der Waals surface area contributed by atoms with Crippen LogP contribution in [0, 0.1) is 12.3 Å². The highest BCUT2D eigenvalue weighted by molar-refractivity contribution is 5.76. The molecule has 0 spiro atoms. The minimum atomic E-state index is -0.264. The zero-order chi connectivity index (χ0) is 7.28. The zero-order valence-electron chi connectivity index (χ0n) is 5.63. The molecule has 1 amide bonds. The molecular formula is C6H13N2O. The third-order valence-corrected chi connectivity index (χ3v) is 1.17. The highest BCUT2D eigenvalue weighted by Gasteiger charge is 2.06. The van der Waals surface area contributed by atoms with Gasteiger partial charge in [0.15, 0.2) is 0 Å². The summed E-state index contributed by atoms with van der Waals surface area (Å²) in [6.07, 6.45) is 2.53. The van der Waals surface area contributed by atoms with Gasteiger partial charge in [0.25, 0.3) is 0 Å². The van der Waals surface area contributed by atoms with Gasteiger partial charge in [0, 0.05) is 5.92 Å². The first-order valence-corrected chi connectivity index (χ1v) is 2.99. The van der Waals surface area contributed by atoms with Crippen molar-refractivity contribution in [2.24, 2.45) is 17.4 Å². The molecule has 0 saturated heterocycles. The molecule has 9 heavy (non-hydrogen) atoms. The lowest BCUT2D eigenvalue weighted by molar-refractivity contribution is -0.121. The molecule has 0 bridgehead atoms. The van der Waals surface area contributed by atoms with Crippen molar-refractivity contribution in [1.82, 2.24) is 0 Å². The van der Waals surface area contributed by atoms with Crippen molar-refractivity contribution < 1.29 is 4.79 Å². The van der Waals surface area contributed by atoms with Crippen LogP contribution < -0.4 is 11.5 Å². The monoisotopic (exact) mass is 129 g/mol. The van der Waals surface area contributed by atoms with E-state index in [0.29, 0.717) is 13.0 Å². The Morgan fingerprint density at radius 1 is 1.78 bits per heavy atom. The summed E-state index contributed by atoms with van der Waals surface area (Å²) >= 11 is 0. The minimum Gasteiger partial charge on any atom is -0.369 e. The fraction of sp³-hybridized carbons (Fsp3) is 0.667. The van der Waals surface area contributed by atoms with E-state index in [2.05, 4.69) is 0 Å². The van der Waals surface area contributed by atoms with Gasteiger partial charge >= 0.3 is 0 Å². The molecule has 3 heteroatoms. The number of nitrogens with two attached hydrogens (primary N) is 2. The van der Waals surface area contributed by atoms with E-state index < -0.39 is 0 Å². The fourth-order valence-corrected chi connectivity index (χ4v) is 0.462. The second-order valence-electron chi connectivity index (χ2n) is 2.06. The topological polar surface area (TPSA) is 69.1 Å². The zero-order valence-corrected chi connectivity index (χ0v) is 5.63. The quantitative estimate of drug-likeness (QED) is 0.545. The number of rotatable bonds is 4. The van der Waals surface area contributed by atoms with Gasteiger partial charge in [0.2, 0.25) is 5.91 Å². The summed E-state index contributed by atoms with van der Waals surface area (Å²) in [5, 5.41) is 0. The summed E-state index contributed by atoms with van der Waals surface area (Å²) < 4.78 is 0. The molecule has 0 aliphatic heterocycles. The molecule has 0 aliphatic rings. The molecule has 0 aromatic carbocycles. The predicted octanol–water partition coefficient (Wildman–Crippen LogP) is -0.339. The van der Waals surface area contributed by atoms with Gasteiger partial charge in [-0.05, 0) is 19.4 Å². The summed E-state index contributed by atoms with van der Waals surface area (Å²) in [4.78, 5) is 10.4. The molecule has 1 radical (unpaired) electrons. The maximum atomic E-state index is 10.4. The largest absolute Gasteiger partial charge is 0.369 e. The maximum absolute atomic E-state index is 10.4. The van der Waals surface area contributed by atoms with Crippen LogP contribution in [0.4, 0.5) is 0 Å². The molecule has 0 fully saturated rings. The number of amides is 1. The molecule has 0 aromatic rings. The van der Waals surface area contributed by atoms with Gasteiger partial charge in [-0.1, -0.05) is 6.92 Å². The van der Waals surface area contributed by atoms with Crippen LogP contribution in [0.25, 0.3) is 0 Å². The first kappa shape index (κ1) is 8.43. The summed E-state index contributed by atoms with van der Waals surface area (Å²) in [5.41, 5.74) is 10.1. The Morgan fingerprint density at radius 3 is 2.67 bits per heavy atom. The standard InChI is InChI=1S/C6H13N2O/c1-5(6(8)9)3-2-4-7/h2,5H,3-4,7H2,1H3,(H2,8,9)/t5-/m1/s1. The Morgan fingerprint density at radius 2 is 2.33 bits per heavy atom. The van der Waals surface area contributed by atoms with Crippen molar-refractivity contribution in [3.63, 3.8) is 0 Å². The van der Waals surface area contributed by atoms with Crippen LogP contribution in [-0.4, -0.2) is 12.5 Å². The van der Waals surface area contributed by atoms with Gasteiger partial charge in [0.1, 0.15) is 0 Å². The molecule has 1 atom stereocenters. The number of carbonyl (C=O) groups excluding carboxylic acids is 1. The van der Waals surface area contributed by atoms with Gasteiger partial charge in [-0.2, -0.15) is 0 Å². The average molecular weight is 129 g/mol. The van der Waals surface area contributed by atoms with Crippen LogP contribution >= 0.6 is 0 Å². The number of carbonyl (C=O) groups is 1. The first-order chi connectivity index (χ1) is 4.18. The predicted molar refractivity (Wildman–Crippen MR) is 36.3 cm³/mol. The van der Waals surface area contributed by atoms with Crippen molar-refractivity contribution in [2.45, 2.75) is 13.3 Å². The van der Waals surface area contributed by atoms with Gasteiger partial charge in [-0.15, -0.1) is 0 Å². The van der Waals surface area contributed by atoms with Crippen molar-refractivity contribution in [2.75, 3.05) is 6.54 Å². The van der Waals surface area contributed by atoms with E-state index >= 15 is 0 Å². The van der Waals surface area contributed by atoms with Crippen LogP contribution in [0.15, 0.2) is 0 Å². The number of primary amides is 1. The van der Waals surface area contributed by atoms with Crippen LogP contribution in [0.3, 0.4) is 0 Å². The highest BCUT2D eigenvalue weighted by Crippen LogP contribution is 2.00. The van der Waals surface area contributed by atoms with Crippen LogP contribution in [0.1, 0.15) is 13.3 Å². The van der Waals surface area contributed by atoms with Crippen molar-refractivity contribution in [3.05, 3.63) is 6.42 Å². The van der Waals surface area contributed by atoms with E-state index in [1.54, 1.807) is 6.92 Å². The van der Waals surface area contributed by atoms with E-state index in [1.807, 2.05) is 6.42 Å². The summed E-state index contributed by atoms with van der Waals surface area (Å²) in [7, 11) is 0. The fourth-order valence-electron chi connectivity index (χ4n) is 0.462. The van der Waals surface area contributed by atoms with Crippen LogP contribution in [0.2, 0.25) is 0 Å². The van der Waals surface area contributed by atoms with Crippen molar-refractivity contribution in [3.8, 4) is 0 Å². The maximum Gasteiger partial charge on any atom is 0.220 e. The molecule has 0 aromatic heterocycles. The summed E-state index contributed by atoms with van der Waals surface area (Å²) in [5.74, 6) is -0.340. The van der Waals surface area contributed by atoms with Crippen molar-refractivity contribution >= 4 is 5.91 Å². The lowest BCUT2D eigenvalue weighted by Crippen LogP contribution is -2.21.